The molecule has 0 N–H and O–H groups in total. The van der Waals surface area contributed by atoms with E-state index in [1.54, 1.807) is 19.4 Å². The minimum Gasteiger partial charge on any atom is -0.315 e. The first-order valence-corrected chi connectivity index (χ1v) is 5.33. The van der Waals surface area contributed by atoms with E-state index in [-0.39, 0.29) is 5.56 Å². The zero-order valence-corrected chi connectivity index (χ0v) is 9.07. The second-order valence-electron chi connectivity index (χ2n) is 3.06. The first-order chi connectivity index (χ1) is 7.27. The molecule has 15 heavy (non-hydrogen) atoms. The third kappa shape index (κ3) is 2.27. The van der Waals surface area contributed by atoms with E-state index in [1.807, 2.05) is 30.3 Å². The number of nitrogens with zero attached hydrogens (tertiary/aromatic N) is 2. The van der Waals surface area contributed by atoms with Gasteiger partial charge in [0, 0.05) is 24.3 Å². The summed E-state index contributed by atoms with van der Waals surface area (Å²) >= 11 is 1.38. The van der Waals surface area contributed by atoms with Crippen molar-refractivity contribution in [2.75, 3.05) is 0 Å². The molecule has 0 amide bonds. The Morgan fingerprint density at radius 3 is 2.73 bits per heavy atom. The fourth-order valence-electron chi connectivity index (χ4n) is 1.14. The quantitative estimate of drug-likeness (QED) is 0.772. The summed E-state index contributed by atoms with van der Waals surface area (Å²) in [5.74, 6) is 0. The van der Waals surface area contributed by atoms with E-state index < -0.39 is 0 Å². The van der Waals surface area contributed by atoms with E-state index in [2.05, 4.69) is 4.98 Å². The van der Waals surface area contributed by atoms with E-state index >= 15 is 0 Å². The largest absolute Gasteiger partial charge is 0.315 e. The van der Waals surface area contributed by atoms with Crippen molar-refractivity contribution in [3.63, 3.8) is 0 Å². The van der Waals surface area contributed by atoms with Gasteiger partial charge in [-0.15, -0.1) is 0 Å². The van der Waals surface area contributed by atoms with Gasteiger partial charge in [-0.05, 0) is 12.1 Å². The highest BCUT2D eigenvalue weighted by molar-refractivity contribution is 7.99. The molecule has 0 unspecified atom stereocenters. The van der Waals surface area contributed by atoms with Crippen LogP contribution >= 0.6 is 11.8 Å². The third-order valence-corrected chi connectivity index (χ3v) is 2.92. The Labute approximate surface area is 91.8 Å². The highest BCUT2D eigenvalue weighted by Gasteiger charge is 2.03. The van der Waals surface area contributed by atoms with Gasteiger partial charge in [0.25, 0.3) is 5.56 Å². The van der Waals surface area contributed by atoms with Crippen molar-refractivity contribution in [2.45, 2.75) is 9.92 Å². The summed E-state index contributed by atoms with van der Waals surface area (Å²) in [6, 6.07) is 9.74. The summed E-state index contributed by atoms with van der Waals surface area (Å²) in [6.45, 7) is 0. The van der Waals surface area contributed by atoms with Crippen molar-refractivity contribution < 1.29 is 0 Å². The van der Waals surface area contributed by atoms with Crippen LogP contribution < -0.4 is 5.56 Å². The molecular weight excluding hydrogens is 208 g/mol. The lowest BCUT2D eigenvalue weighted by Crippen LogP contribution is -2.18. The zero-order chi connectivity index (χ0) is 10.7. The van der Waals surface area contributed by atoms with Gasteiger partial charge in [-0.25, -0.2) is 4.98 Å². The van der Waals surface area contributed by atoms with Gasteiger partial charge in [0.2, 0.25) is 0 Å². The molecule has 0 radical (unpaired) electrons. The van der Waals surface area contributed by atoms with Crippen LogP contribution in [0.15, 0.2) is 57.4 Å². The molecule has 0 aliphatic rings. The van der Waals surface area contributed by atoms with Crippen LogP contribution in [0.25, 0.3) is 0 Å². The van der Waals surface area contributed by atoms with Gasteiger partial charge >= 0.3 is 0 Å². The summed E-state index contributed by atoms with van der Waals surface area (Å²) in [5, 5.41) is 0.506. The van der Waals surface area contributed by atoms with Gasteiger partial charge in [-0.2, -0.15) is 0 Å². The van der Waals surface area contributed by atoms with Gasteiger partial charge < -0.3 is 4.57 Å². The minimum atomic E-state index is -0.0636. The van der Waals surface area contributed by atoms with Crippen molar-refractivity contribution in [3.05, 3.63) is 53.1 Å². The molecule has 0 saturated heterocycles. The van der Waals surface area contributed by atoms with Gasteiger partial charge in [0.05, 0.1) is 0 Å². The molecule has 0 bridgehead atoms. The highest BCUT2D eigenvalue weighted by atomic mass is 32.2. The fourth-order valence-corrected chi connectivity index (χ4v) is 2.01. The van der Waals surface area contributed by atoms with Crippen LogP contribution in [0.4, 0.5) is 0 Å². The molecule has 0 aliphatic heterocycles. The summed E-state index contributed by atoms with van der Waals surface area (Å²) in [6.07, 6.45) is 3.28. The predicted octanol–water partition coefficient (Wildman–Crippen LogP) is 1.93. The van der Waals surface area contributed by atoms with Crippen molar-refractivity contribution >= 4 is 11.8 Å². The van der Waals surface area contributed by atoms with Crippen LogP contribution in [0.3, 0.4) is 0 Å². The highest BCUT2D eigenvalue weighted by Crippen LogP contribution is 2.22. The number of aromatic nitrogens is 2. The molecule has 1 aromatic carbocycles. The van der Waals surface area contributed by atoms with Crippen LogP contribution in [0.1, 0.15) is 0 Å². The number of hydrogen-bond donors (Lipinski definition) is 0. The Bertz CT molecular complexity index is 507. The standard InChI is InChI=1S/C11H10N2OS/c1-13-8-7-12-10(11(13)14)15-9-5-3-2-4-6-9/h2-8H,1H3. The molecule has 0 atom stereocenters. The van der Waals surface area contributed by atoms with E-state index in [1.165, 1.54) is 16.3 Å². The van der Waals surface area contributed by atoms with Crippen molar-refractivity contribution in [1.82, 2.24) is 9.55 Å². The van der Waals surface area contributed by atoms with Crippen LogP contribution in [0.5, 0.6) is 0 Å². The van der Waals surface area contributed by atoms with Crippen molar-refractivity contribution in [3.8, 4) is 0 Å². The smallest absolute Gasteiger partial charge is 0.283 e. The lowest BCUT2D eigenvalue weighted by molar-refractivity contribution is 0.794. The molecule has 1 aromatic heterocycles. The Morgan fingerprint density at radius 2 is 2.00 bits per heavy atom. The Hall–Kier alpha value is -1.55. The topological polar surface area (TPSA) is 34.9 Å². The van der Waals surface area contributed by atoms with Crippen molar-refractivity contribution in [1.29, 1.82) is 0 Å². The van der Waals surface area contributed by atoms with Gasteiger partial charge in [0.15, 0.2) is 5.03 Å². The van der Waals surface area contributed by atoms with E-state index in [4.69, 9.17) is 0 Å². The Balaban J connectivity index is 2.33. The summed E-state index contributed by atoms with van der Waals surface area (Å²) in [7, 11) is 1.72. The summed E-state index contributed by atoms with van der Waals surface area (Å²) in [5.41, 5.74) is -0.0636. The third-order valence-electron chi connectivity index (χ3n) is 1.94. The number of rotatable bonds is 2. The van der Waals surface area contributed by atoms with Gasteiger partial charge in [0.1, 0.15) is 0 Å². The molecule has 4 heteroatoms. The maximum absolute atomic E-state index is 11.7. The average molecular weight is 218 g/mol. The molecule has 1 heterocycles. The van der Waals surface area contributed by atoms with E-state index in [0.717, 1.165) is 4.90 Å². The summed E-state index contributed by atoms with van der Waals surface area (Å²) < 4.78 is 1.53. The average Bonchev–Trinajstić information content (AvgIpc) is 2.26. The molecule has 3 nitrogen and oxygen atoms in total. The lowest BCUT2D eigenvalue weighted by atomic mass is 10.4. The van der Waals surface area contributed by atoms with Gasteiger partial charge in [-0.3, -0.25) is 4.79 Å². The maximum atomic E-state index is 11.7. The second kappa shape index (κ2) is 4.31. The van der Waals surface area contributed by atoms with Gasteiger partial charge in [-0.1, -0.05) is 30.0 Å². The Kier molecular flexibility index (Phi) is 2.87. The van der Waals surface area contributed by atoms with Crippen LogP contribution in [0, 0.1) is 0 Å². The number of benzene rings is 1. The van der Waals surface area contributed by atoms with Crippen molar-refractivity contribution in [2.24, 2.45) is 7.05 Å². The predicted molar refractivity (Wildman–Crippen MR) is 60.0 cm³/mol. The van der Waals surface area contributed by atoms with Crippen LogP contribution in [-0.2, 0) is 7.05 Å². The monoisotopic (exact) mass is 218 g/mol. The first kappa shape index (κ1) is 9.98. The number of hydrogen-bond acceptors (Lipinski definition) is 3. The maximum Gasteiger partial charge on any atom is 0.283 e. The van der Waals surface area contributed by atoms with Crippen LogP contribution in [0.2, 0.25) is 0 Å². The zero-order valence-electron chi connectivity index (χ0n) is 8.25. The molecule has 76 valence electrons. The minimum absolute atomic E-state index is 0.0636. The molecule has 0 fully saturated rings. The van der Waals surface area contributed by atoms with E-state index in [9.17, 15) is 4.79 Å². The normalized spacial score (nSPS) is 10.2. The SMILES string of the molecule is Cn1ccnc(Sc2ccccc2)c1=O. The first-order valence-electron chi connectivity index (χ1n) is 4.52. The number of aryl methyl sites for hydroxylation is 1. The molecule has 2 aromatic rings. The molecule has 2 rings (SSSR count). The van der Waals surface area contributed by atoms with E-state index in [0.29, 0.717) is 5.03 Å². The Morgan fingerprint density at radius 1 is 1.27 bits per heavy atom. The molecule has 0 saturated carbocycles. The molecule has 0 aliphatic carbocycles. The molecular formula is C11H10N2OS. The summed E-state index contributed by atoms with van der Waals surface area (Å²) in [4.78, 5) is 16.7. The molecule has 0 spiro atoms. The van der Waals surface area contributed by atoms with Crippen LogP contribution in [-0.4, -0.2) is 9.55 Å². The second-order valence-corrected chi connectivity index (χ2v) is 4.13. The fraction of sp³-hybridized carbons (Fsp3) is 0.0909. The lowest BCUT2D eigenvalue weighted by Gasteiger charge is -2.01.